The van der Waals surface area contributed by atoms with Crippen molar-refractivity contribution in [3.05, 3.63) is 88.5 Å². The Hall–Kier alpha value is -4.78. The van der Waals surface area contributed by atoms with E-state index in [-0.39, 0.29) is 6.42 Å². The molecule has 0 saturated heterocycles. The summed E-state index contributed by atoms with van der Waals surface area (Å²) in [5.74, 6) is -0.851. The van der Waals surface area contributed by atoms with Gasteiger partial charge in [0.2, 0.25) is 0 Å². The number of hydrogen-bond donors (Lipinski definition) is 3. The van der Waals surface area contributed by atoms with Crippen LogP contribution in [0.4, 0.5) is 0 Å². The molecular weight excluding hydrogens is 512 g/mol. The number of aromatic amines is 2. The highest BCUT2D eigenvalue weighted by molar-refractivity contribution is 5.98. The van der Waals surface area contributed by atoms with E-state index in [2.05, 4.69) is 30.0 Å². The third-order valence-electron chi connectivity index (χ3n) is 8.14. The first-order chi connectivity index (χ1) is 19.7. The Balaban J connectivity index is 1.96. The second-order valence-corrected chi connectivity index (χ2v) is 10.5. The normalized spacial score (nSPS) is 13.1. The molecule has 7 nitrogen and oxygen atoms in total. The van der Waals surface area contributed by atoms with Gasteiger partial charge >= 0.3 is 5.97 Å². The molecule has 5 rings (SSSR count). The lowest BCUT2D eigenvalue weighted by Gasteiger charge is -2.02. The van der Waals surface area contributed by atoms with E-state index >= 15 is 0 Å². The molecule has 0 spiro atoms. The van der Waals surface area contributed by atoms with Crippen molar-refractivity contribution in [1.82, 2.24) is 19.9 Å². The van der Waals surface area contributed by atoms with Gasteiger partial charge in [0.15, 0.2) is 0 Å². The summed E-state index contributed by atoms with van der Waals surface area (Å²) >= 11 is 0. The van der Waals surface area contributed by atoms with Crippen LogP contribution in [0.25, 0.3) is 50.4 Å². The van der Waals surface area contributed by atoms with Crippen LogP contribution in [0.15, 0.2) is 43.5 Å². The maximum absolute atomic E-state index is 11.5. The van der Waals surface area contributed by atoms with Crippen LogP contribution in [0.1, 0.15) is 78.1 Å². The monoisotopic (exact) mass is 546 g/mol. The Bertz CT molecular complexity index is 1860. The van der Waals surface area contributed by atoms with Gasteiger partial charge < -0.3 is 19.9 Å². The van der Waals surface area contributed by atoms with Crippen LogP contribution in [0.5, 0.6) is 0 Å². The Labute approximate surface area is 239 Å². The Morgan fingerprint density at radius 1 is 0.805 bits per heavy atom. The molecule has 0 unspecified atom stereocenters. The van der Waals surface area contributed by atoms with Gasteiger partial charge in [0.1, 0.15) is 6.29 Å². The molecule has 41 heavy (non-hydrogen) atoms. The number of nitrogens with one attached hydrogen (secondary N) is 2. The minimum atomic E-state index is -0.851. The van der Waals surface area contributed by atoms with Crippen LogP contribution in [0, 0.1) is 13.8 Å². The standard InChI is InChI=1S/C34H34N4O3/c1-7-22-18(3)26-14-27-20(5)24(10-9-13-39)32(37-27)17-33-25(11-12-34(40)41)21(6)29(38-33)16-31-23(8-2)19(4)28(36-31)15-30(22)35-26/h7-8,13-17,36,38H,1-2,9-12H2,3-6H3,(H,40,41). The van der Waals surface area contributed by atoms with E-state index in [0.29, 0.717) is 19.3 Å². The molecule has 2 aliphatic rings. The number of carboxylic acids is 1. The first-order valence-corrected chi connectivity index (χ1v) is 13.7. The van der Waals surface area contributed by atoms with Crippen molar-refractivity contribution in [3.63, 3.8) is 0 Å². The number of aromatic nitrogens is 4. The second kappa shape index (κ2) is 11.0. The number of aryl methyl sites for hydroxylation is 3. The number of carbonyl (C=O) groups excluding carboxylic acids is 1. The highest BCUT2D eigenvalue weighted by atomic mass is 16.4. The largest absolute Gasteiger partial charge is 0.481 e. The maximum Gasteiger partial charge on any atom is 0.303 e. The number of carbonyl (C=O) groups is 2. The van der Waals surface area contributed by atoms with Crippen LogP contribution >= 0.6 is 0 Å². The summed E-state index contributed by atoms with van der Waals surface area (Å²) < 4.78 is 0. The summed E-state index contributed by atoms with van der Waals surface area (Å²) in [6.45, 7) is 16.2. The summed E-state index contributed by atoms with van der Waals surface area (Å²) in [4.78, 5) is 39.9. The number of carboxylic acid groups (broad SMARTS) is 1. The average Bonchev–Trinajstić information content (AvgIpc) is 3.59. The number of fused-ring (bicyclic) bond motifs is 8. The first-order valence-electron chi connectivity index (χ1n) is 13.7. The lowest BCUT2D eigenvalue weighted by Crippen LogP contribution is -1.98. The molecule has 3 N–H and O–H groups in total. The van der Waals surface area contributed by atoms with Crippen LogP contribution in [0.2, 0.25) is 0 Å². The topological polar surface area (TPSA) is 112 Å². The molecule has 0 radical (unpaired) electrons. The molecule has 0 aliphatic carbocycles. The molecule has 0 atom stereocenters. The van der Waals surface area contributed by atoms with Crippen molar-refractivity contribution in [2.45, 2.75) is 53.4 Å². The number of aldehydes is 1. The summed E-state index contributed by atoms with van der Waals surface area (Å²) in [6.07, 6.45) is 5.92. The fourth-order valence-electron chi connectivity index (χ4n) is 5.74. The molecule has 0 aromatic carbocycles. The van der Waals surface area contributed by atoms with Crippen LogP contribution < -0.4 is 0 Å². The summed E-state index contributed by atoms with van der Waals surface area (Å²) in [7, 11) is 0. The fourth-order valence-corrected chi connectivity index (χ4v) is 5.74. The quantitative estimate of drug-likeness (QED) is 0.252. The van der Waals surface area contributed by atoms with Crippen molar-refractivity contribution in [1.29, 1.82) is 0 Å². The third kappa shape index (κ3) is 4.99. The van der Waals surface area contributed by atoms with Gasteiger partial charge in [-0.1, -0.05) is 25.3 Å². The van der Waals surface area contributed by atoms with E-state index in [9.17, 15) is 14.7 Å². The number of nitrogens with zero attached hydrogens (tertiary/aromatic N) is 2. The zero-order chi connectivity index (χ0) is 29.4. The smallest absolute Gasteiger partial charge is 0.303 e. The fraction of sp³-hybridized carbons (Fsp3) is 0.235. The van der Waals surface area contributed by atoms with Gasteiger partial charge in [-0.15, -0.1) is 0 Å². The van der Waals surface area contributed by atoms with Crippen molar-refractivity contribution >= 4 is 62.7 Å². The molecule has 8 bridgehead atoms. The molecule has 3 aromatic rings. The molecule has 0 amide bonds. The SMILES string of the molecule is C=CC1=C(C)c2cc3nc(cc4[nH]c(cc5[nH]c(cc1n2)c(C)c5C=C)c(C)c4CCC(=O)O)C(CCC=O)=C3C. The molecule has 3 aromatic heterocycles. The molecule has 7 heteroatoms. The van der Waals surface area contributed by atoms with Gasteiger partial charge in [0.25, 0.3) is 0 Å². The predicted octanol–water partition coefficient (Wildman–Crippen LogP) is 7.62. The lowest BCUT2D eigenvalue weighted by molar-refractivity contribution is -0.136. The van der Waals surface area contributed by atoms with E-state index in [1.165, 1.54) is 0 Å². The number of rotatable bonds is 8. The van der Waals surface area contributed by atoms with Gasteiger partial charge in [0, 0.05) is 46.0 Å². The van der Waals surface area contributed by atoms with Gasteiger partial charge in [-0.05, 0) is 98.2 Å². The Morgan fingerprint density at radius 2 is 1.46 bits per heavy atom. The van der Waals surface area contributed by atoms with Gasteiger partial charge in [-0.2, -0.15) is 0 Å². The van der Waals surface area contributed by atoms with Crippen molar-refractivity contribution < 1.29 is 14.7 Å². The Kier molecular flexibility index (Phi) is 7.45. The lowest BCUT2D eigenvalue weighted by atomic mass is 10.00. The van der Waals surface area contributed by atoms with Gasteiger partial charge in [-0.3, -0.25) is 4.79 Å². The Morgan fingerprint density at radius 3 is 2.15 bits per heavy atom. The van der Waals surface area contributed by atoms with E-state index in [4.69, 9.17) is 9.97 Å². The zero-order valence-corrected chi connectivity index (χ0v) is 23.9. The molecule has 0 saturated carbocycles. The summed E-state index contributed by atoms with van der Waals surface area (Å²) in [5, 5.41) is 9.45. The minimum absolute atomic E-state index is 0.0117. The average molecular weight is 547 g/mol. The van der Waals surface area contributed by atoms with Crippen LogP contribution in [-0.4, -0.2) is 37.3 Å². The highest BCUT2D eigenvalue weighted by Gasteiger charge is 2.21. The molecular formula is C34H34N4O3. The number of H-pyrrole nitrogens is 2. The summed E-state index contributed by atoms with van der Waals surface area (Å²) in [6, 6.07) is 8.06. The highest BCUT2D eigenvalue weighted by Crippen LogP contribution is 2.37. The first kappa shape index (κ1) is 27.8. The second-order valence-electron chi connectivity index (χ2n) is 10.5. The van der Waals surface area contributed by atoms with Crippen LogP contribution in [-0.2, 0) is 16.0 Å². The van der Waals surface area contributed by atoms with E-state index in [1.54, 1.807) is 0 Å². The molecule has 208 valence electrons. The zero-order valence-electron chi connectivity index (χ0n) is 23.9. The van der Waals surface area contributed by atoms with Crippen molar-refractivity contribution in [3.8, 4) is 0 Å². The number of allylic oxidation sites excluding steroid dienone is 5. The third-order valence-corrected chi connectivity index (χ3v) is 8.14. The number of aliphatic carboxylic acids is 1. The molecule has 2 aliphatic heterocycles. The maximum atomic E-state index is 11.5. The van der Waals surface area contributed by atoms with E-state index < -0.39 is 5.97 Å². The predicted molar refractivity (Wildman–Crippen MR) is 167 cm³/mol. The van der Waals surface area contributed by atoms with E-state index in [0.717, 1.165) is 95.7 Å². The van der Waals surface area contributed by atoms with Gasteiger partial charge in [-0.25, -0.2) is 9.97 Å². The van der Waals surface area contributed by atoms with Gasteiger partial charge in [0.05, 0.1) is 22.8 Å². The van der Waals surface area contributed by atoms with Crippen LogP contribution in [0.3, 0.4) is 0 Å². The number of hydrogen-bond acceptors (Lipinski definition) is 4. The summed E-state index contributed by atoms with van der Waals surface area (Å²) in [5.41, 5.74) is 14.6. The minimum Gasteiger partial charge on any atom is -0.481 e. The van der Waals surface area contributed by atoms with Crippen molar-refractivity contribution in [2.75, 3.05) is 0 Å². The van der Waals surface area contributed by atoms with Crippen molar-refractivity contribution in [2.24, 2.45) is 0 Å². The van der Waals surface area contributed by atoms with E-state index in [1.807, 2.05) is 57.2 Å². The molecule has 5 heterocycles. The molecule has 0 fully saturated rings.